The minimum absolute atomic E-state index is 0.0120. The number of nitrogens with zero attached hydrogens (tertiary/aromatic N) is 2. The average molecular weight is 250 g/mol. The van der Waals surface area contributed by atoms with Gasteiger partial charge in [0.05, 0.1) is 16.4 Å². The first-order valence-electron chi connectivity index (χ1n) is 5.57. The maximum Gasteiger partial charge on any atom is 0.0835 e. The third-order valence-electron chi connectivity index (χ3n) is 2.74. The molecule has 0 unspecified atom stereocenters. The van der Waals surface area contributed by atoms with Crippen molar-refractivity contribution in [2.75, 3.05) is 0 Å². The van der Waals surface area contributed by atoms with Gasteiger partial charge in [0.25, 0.3) is 0 Å². The van der Waals surface area contributed by atoms with Crippen LogP contribution < -0.4 is 5.73 Å². The summed E-state index contributed by atoms with van der Waals surface area (Å²) in [6.45, 7) is 5.91. The molecule has 1 heterocycles. The Balaban J connectivity index is 2.50. The molecule has 0 fully saturated rings. The van der Waals surface area contributed by atoms with Crippen LogP contribution in [0.15, 0.2) is 24.3 Å². The lowest BCUT2D eigenvalue weighted by Gasteiger charge is -2.10. The van der Waals surface area contributed by atoms with Gasteiger partial charge in [-0.05, 0) is 44.5 Å². The van der Waals surface area contributed by atoms with Crippen LogP contribution >= 0.6 is 11.6 Å². The summed E-state index contributed by atoms with van der Waals surface area (Å²) < 4.78 is 1.85. The zero-order chi connectivity index (χ0) is 12.6. The van der Waals surface area contributed by atoms with Crippen LogP contribution in [0.25, 0.3) is 5.69 Å². The second-order valence-corrected chi connectivity index (χ2v) is 4.75. The molecule has 0 saturated carbocycles. The number of aromatic nitrogens is 2. The molecule has 90 valence electrons. The molecule has 3 nitrogen and oxygen atoms in total. The Hall–Kier alpha value is -1.32. The molecule has 0 aliphatic heterocycles. The van der Waals surface area contributed by atoms with Gasteiger partial charge in [0.15, 0.2) is 0 Å². The third kappa shape index (κ3) is 2.35. The van der Waals surface area contributed by atoms with E-state index in [1.807, 2.05) is 49.7 Å². The van der Waals surface area contributed by atoms with Crippen LogP contribution in [0.1, 0.15) is 29.9 Å². The van der Waals surface area contributed by atoms with Crippen molar-refractivity contribution in [2.45, 2.75) is 26.8 Å². The van der Waals surface area contributed by atoms with Crippen LogP contribution in [0.3, 0.4) is 0 Å². The Kier molecular flexibility index (Phi) is 3.22. The zero-order valence-corrected chi connectivity index (χ0v) is 11.0. The molecule has 1 atom stereocenters. The lowest BCUT2D eigenvalue weighted by Crippen LogP contribution is -2.06. The highest BCUT2D eigenvalue weighted by atomic mass is 35.5. The van der Waals surface area contributed by atoms with Crippen LogP contribution in [0.5, 0.6) is 0 Å². The summed E-state index contributed by atoms with van der Waals surface area (Å²) in [5.41, 5.74) is 9.79. The number of rotatable bonds is 2. The maximum absolute atomic E-state index is 6.27. The van der Waals surface area contributed by atoms with Crippen molar-refractivity contribution >= 4 is 11.6 Å². The van der Waals surface area contributed by atoms with E-state index in [2.05, 4.69) is 5.10 Å². The van der Waals surface area contributed by atoms with Crippen molar-refractivity contribution in [1.82, 2.24) is 9.78 Å². The van der Waals surface area contributed by atoms with Gasteiger partial charge in [-0.3, -0.25) is 0 Å². The van der Waals surface area contributed by atoms with Gasteiger partial charge < -0.3 is 5.73 Å². The summed E-state index contributed by atoms with van der Waals surface area (Å²) in [6.07, 6.45) is 0. The second-order valence-electron chi connectivity index (χ2n) is 4.34. The Bertz CT molecular complexity index is 544. The van der Waals surface area contributed by atoms with E-state index < -0.39 is 0 Å². The van der Waals surface area contributed by atoms with Crippen LogP contribution in [-0.4, -0.2) is 9.78 Å². The van der Waals surface area contributed by atoms with E-state index in [1.165, 1.54) is 0 Å². The van der Waals surface area contributed by atoms with Gasteiger partial charge in [-0.2, -0.15) is 5.10 Å². The van der Waals surface area contributed by atoms with Crippen molar-refractivity contribution in [3.63, 3.8) is 0 Å². The first-order chi connectivity index (χ1) is 7.99. The van der Waals surface area contributed by atoms with Gasteiger partial charge >= 0.3 is 0 Å². The minimum Gasteiger partial charge on any atom is -0.324 e. The molecule has 0 saturated heterocycles. The normalized spacial score (nSPS) is 12.8. The molecule has 0 bridgehead atoms. The number of hydrogen-bond donors (Lipinski definition) is 1. The first kappa shape index (κ1) is 12.1. The number of nitrogens with two attached hydrogens (primary N) is 1. The van der Waals surface area contributed by atoms with Crippen LogP contribution in [0.2, 0.25) is 5.02 Å². The SMILES string of the molecule is Cc1cc(C)n(-c2ccc([C@@H](C)N)cc2Cl)n1. The molecule has 0 aliphatic rings. The largest absolute Gasteiger partial charge is 0.324 e. The number of aryl methyl sites for hydroxylation is 2. The number of hydrogen-bond acceptors (Lipinski definition) is 2. The highest BCUT2D eigenvalue weighted by molar-refractivity contribution is 6.32. The molecule has 0 aliphatic carbocycles. The van der Waals surface area contributed by atoms with Gasteiger partial charge in [0.1, 0.15) is 0 Å². The third-order valence-corrected chi connectivity index (χ3v) is 3.04. The maximum atomic E-state index is 6.27. The van der Waals surface area contributed by atoms with Crippen LogP contribution in [-0.2, 0) is 0 Å². The fourth-order valence-corrected chi connectivity index (χ4v) is 2.12. The molecule has 2 N–H and O–H groups in total. The lowest BCUT2D eigenvalue weighted by atomic mass is 10.1. The average Bonchev–Trinajstić information content (AvgIpc) is 2.57. The van der Waals surface area contributed by atoms with E-state index in [4.69, 9.17) is 17.3 Å². The molecule has 17 heavy (non-hydrogen) atoms. The number of benzene rings is 1. The second kappa shape index (κ2) is 4.51. The van der Waals surface area contributed by atoms with E-state index in [0.29, 0.717) is 5.02 Å². The zero-order valence-electron chi connectivity index (χ0n) is 10.2. The molecule has 2 rings (SSSR count). The fraction of sp³-hybridized carbons (Fsp3) is 0.308. The van der Waals surface area contributed by atoms with E-state index in [9.17, 15) is 0 Å². The smallest absolute Gasteiger partial charge is 0.0835 e. The van der Waals surface area contributed by atoms with Crippen molar-refractivity contribution in [3.05, 3.63) is 46.2 Å². The molecule has 0 spiro atoms. The monoisotopic (exact) mass is 249 g/mol. The summed E-state index contributed by atoms with van der Waals surface area (Å²) in [4.78, 5) is 0. The summed E-state index contributed by atoms with van der Waals surface area (Å²) >= 11 is 6.27. The van der Waals surface area contributed by atoms with Gasteiger partial charge in [0, 0.05) is 11.7 Å². The predicted molar refractivity (Wildman–Crippen MR) is 70.7 cm³/mol. The molecule has 2 aromatic rings. The van der Waals surface area contributed by atoms with Crippen molar-refractivity contribution in [1.29, 1.82) is 0 Å². The first-order valence-corrected chi connectivity index (χ1v) is 5.95. The Morgan fingerprint density at radius 1 is 1.29 bits per heavy atom. The Labute approximate surface area is 106 Å². The molecule has 1 aromatic heterocycles. The standard InChI is InChI=1S/C13H16ClN3/c1-8-6-9(2)17(16-8)13-5-4-11(10(3)15)7-12(13)14/h4-7,10H,15H2,1-3H3/t10-/m1/s1. The molecule has 0 radical (unpaired) electrons. The molecule has 1 aromatic carbocycles. The topological polar surface area (TPSA) is 43.8 Å². The Morgan fingerprint density at radius 3 is 2.47 bits per heavy atom. The summed E-state index contributed by atoms with van der Waals surface area (Å²) in [5.74, 6) is 0. The Morgan fingerprint density at radius 2 is 2.00 bits per heavy atom. The van der Waals surface area contributed by atoms with E-state index in [-0.39, 0.29) is 6.04 Å². The molecular weight excluding hydrogens is 234 g/mol. The van der Waals surface area contributed by atoms with E-state index >= 15 is 0 Å². The van der Waals surface area contributed by atoms with Gasteiger partial charge in [-0.15, -0.1) is 0 Å². The van der Waals surface area contributed by atoms with Crippen molar-refractivity contribution in [3.8, 4) is 5.69 Å². The van der Waals surface area contributed by atoms with Crippen LogP contribution in [0.4, 0.5) is 0 Å². The quantitative estimate of drug-likeness (QED) is 0.889. The van der Waals surface area contributed by atoms with E-state index in [1.54, 1.807) is 0 Å². The summed E-state index contributed by atoms with van der Waals surface area (Å²) in [5, 5.41) is 5.09. The molecule has 4 heteroatoms. The minimum atomic E-state index is -0.0120. The fourth-order valence-electron chi connectivity index (χ4n) is 1.85. The summed E-state index contributed by atoms with van der Waals surface area (Å²) in [7, 11) is 0. The number of halogens is 1. The highest BCUT2D eigenvalue weighted by Gasteiger charge is 2.09. The summed E-state index contributed by atoms with van der Waals surface area (Å²) in [6, 6.07) is 7.86. The van der Waals surface area contributed by atoms with Gasteiger partial charge in [-0.25, -0.2) is 4.68 Å². The molecular formula is C13H16ClN3. The van der Waals surface area contributed by atoms with Gasteiger partial charge in [0.2, 0.25) is 0 Å². The van der Waals surface area contributed by atoms with Crippen molar-refractivity contribution in [2.24, 2.45) is 5.73 Å². The van der Waals surface area contributed by atoms with Crippen molar-refractivity contribution < 1.29 is 0 Å². The van der Waals surface area contributed by atoms with Crippen LogP contribution in [0, 0.1) is 13.8 Å². The van der Waals surface area contributed by atoms with E-state index in [0.717, 1.165) is 22.6 Å². The molecule has 0 amide bonds. The predicted octanol–water partition coefficient (Wildman–Crippen LogP) is 3.16. The van der Waals surface area contributed by atoms with Gasteiger partial charge in [-0.1, -0.05) is 17.7 Å². The highest BCUT2D eigenvalue weighted by Crippen LogP contribution is 2.25. The lowest BCUT2D eigenvalue weighted by molar-refractivity contribution is 0.808.